The lowest BCUT2D eigenvalue weighted by Gasteiger charge is -2.33. The number of carbonyl (C=O) groups is 2. The second-order valence-electron chi connectivity index (χ2n) is 8.32. The Balaban J connectivity index is 1.30. The lowest BCUT2D eigenvalue weighted by atomic mass is 9.95. The second-order valence-corrected chi connectivity index (χ2v) is 8.75. The lowest BCUT2D eigenvalue weighted by Crippen LogP contribution is -2.44. The van der Waals surface area contributed by atoms with E-state index in [1.54, 1.807) is 4.90 Å². The predicted molar refractivity (Wildman–Crippen MR) is 113 cm³/mol. The molecule has 0 saturated carbocycles. The van der Waals surface area contributed by atoms with E-state index in [4.69, 9.17) is 11.6 Å². The molecular formula is C23H23ClF3N3O2. The Morgan fingerprint density at radius 3 is 2.19 bits per heavy atom. The van der Waals surface area contributed by atoms with Crippen molar-refractivity contribution in [2.45, 2.75) is 31.4 Å². The van der Waals surface area contributed by atoms with Crippen LogP contribution in [0.2, 0.25) is 5.02 Å². The number of alkyl halides is 3. The van der Waals surface area contributed by atoms with Crippen LogP contribution in [0.1, 0.15) is 46.8 Å². The molecule has 3 heterocycles. The first-order valence-corrected chi connectivity index (χ1v) is 11.0. The van der Waals surface area contributed by atoms with Gasteiger partial charge in [-0.1, -0.05) is 23.7 Å². The molecule has 9 heteroatoms. The molecule has 0 aliphatic carbocycles. The number of hydrogen-bond donors (Lipinski definition) is 0. The van der Waals surface area contributed by atoms with Crippen molar-refractivity contribution in [2.24, 2.45) is 5.92 Å². The van der Waals surface area contributed by atoms with Crippen molar-refractivity contribution >= 4 is 23.4 Å². The number of nitrogens with zero attached hydrogens (tertiary/aromatic N) is 3. The fourth-order valence-electron chi connectivity index (χ4n) is 4.41. The SMILES string of the molecule is O=C(c1ccc(C(F)(F)F)cn1)N1CCC(C(=O)N2CC[C@H](c3ccc(Cl)cc3)C2)CC1. The zero-order chi connectivity index (χ0) is 22.9. The van der Waals surface area contributed by atoms with Gasteiger partial charge in [0, 0.05) is 49.2 Å². The van der Waals surface area contributed by atoms with E-state index in [-0.39, 0.29) is 17.5 Å². The molecule has 0 bridgehead atoms. The van der Waals surface area contributed by atoms with Gasteiger partial charge >= 0.3 is 6.18 Å². The van der Waals surface area contributed by atoms with Gasteiger partial charge < -0.3 is 9.80 Å². The van der Waals surface area contributed by atoms with Crippen LogP contribution in [0.25, 0.3) is 0 Å². The highest BCUT2D eigenvalue weighted by molar-refractivity contribution is 6.30. The molecule has 5 nitrogen and oxygen atoms in total. The number of aromatic nitrogens is 1. The number of benzene rings is 1. The molecule has 2 aliphatic heterocycles. The molecule has 2 aromatic rings. The number of halogens is 4. The Labute approximate surface area is 189 Å². The van der Waals surface area contributed by atoms with Gasteiger partial charge in [-0.15, -0.1) is 0 Å². The predicted octanol–water partition coefficient (Wildman–Crippen LogP) is 4.62. The number of hydrogen-bond acceptors (Lipinski definition) is 3. The summed E-state index contributed by atoms with van der Waals surface area (Å²) in [5, 5.41) is 0.687. The summed E-state index contributed by atoms with van der Waals surface area (Å²) in [6.07, 6.45) is -1.84. The van der Waals surface area contributed by atoms with Gasteiger partial charge in [0.25, 0.3) is 5.91 Å². The first kappa shape index (κ1) is 22.6. The number of carbonyl (C=O) groups excluding carboxylic acids is 2. The maximum atomic E-state index is 13.0. The van der Waals surface area contributed by atoms with E-state index in [2.05, 4.69) is 4.98 Å². The van der Waals surface area contributed by atoms with E-state index in [0.717, 1.165) is 18.6 Å². The minimum atomic E-state index is -4.49. The highest BCUT2D eigenvalue weighted by Crippen LogP contribution is 2.31. The van der Waals surface area contributed by atoms with Crippen LogP contribution in [0.15, 0.2) is 42.6 Å². The van der Waals surface area contributed by atoms with Gasteiger partial charge in [0.15, 0.2) is 0 Å². The van der Waals surface area contributed by atoms with Crippen molar-refractivity contribution in [2.75, 3.05) is 26.2 Å². The maximum absolute atomic E-state index is 13.0. The molecule has 0 N–H and O–H groups in total. The molecule has 1 aromatic carbocycles. The molecule has 2 aliphatic rings. The van der Waals surface area contributed by atoms with Crippen LogP contribution in [0.5, 0.6) is 0 Å². The number of amides is 2. The molecule has 2 amide bonds. The summed E-state index contributed by atoms with van der Waals surface area (Å²) in [7, 11) is 0. The maximum Gasteiger partial charge on any atom is 0.417 e. The van der Waals surface area contributed by atoms with Crippen LogP contribution >= 0.6 is 11.6 Å². The van der Waals surface area contributed by atoms with E-state index < -0.39 is 17.6 Å². The third-order valence-electron chi connectivity index (χ3n) is 6.28. The lowest BCUT2D eigenvalue weighted by molar-refractivity contribution is -0.138. The number of likely N-dealkylation sites (tertiary alicyclic amines) is 2. The summed E-state index contributed by atoms with van der Waals surface area (Å²) in [4.78, 5) is 32.7. The normalized spacial score (nSPS) is 19.9. The summed E-state index contributed by atoms with van der Waals surface area (Å²) in [6, 6.07) is 9.68. The van der Waals surface area contributed by atoms with Crippen LogP contribution in [0.3, 0.4) is 0 Å². The zero-order valence-corrected chi connectivity index (χ0v) is 18.1. The minimum Gasteiger partial charge on any atom is -0.342 e. The molecule has 0 unspecified atom stereocenters. The van der Waals surface area contributed by atoms with Crippen molar-refractivity contribution in [3.05, 3.63) is 64.4 Å². The summed E-state index contributed by atoms with van der Waals surface area (Å²) in [5.41, 5.74) is 0.267. The smallest absolute Gasteiger partial charge is 0.342 e. The van der Waals surface area contributed by atoms with E-state index in [9.17, 15) is 22.8 Å². The van der Waals surface area contributed by atoms with E-state index in [0.29, 0.717) is 56.2 Å². The number of rotatable bonds is 3. The van der Waals surface area contributed by atoms with Crippen LogP contribution < -0.4 is 0 Å². The fourth-order valence-corrected chi connectivity index (χ4v) is 4.53. The Morgan fingerprint density at radius 2 is 1.59 bits per heavy atom. The Kier molecular flexibility index (Phi) is 6.42. The molecule has 2 fully saturated rings. The van der Waals surface area contributed by atoms with Crippen molar-refractivity contribution < 1.29 is 22.8 Å². The molecule has 170 valence electrons. The zero-order valence-electron chi connectivity index (χ0n) is 17.3. The van der Waals surface area contributed by atoms with Crippen LogP contribution in [0, 0.1) is 5.92 Å². The van der Waals surface area contributed by atoms with E-state index >= 15 is 0 Å². The summed E-state index contributed by atoms with van der Waals surface area (Å²) < 4.78 is 38.0. The number of piperidine rings is 1. The molecule has 0 spiro atoms. The van der Waals surface area contributed by atoms with Crippen LogP contribution in [-0.4, -0.2) is 52.8 Å². The number of pyridine rings is 1. The third kappa shape index (κ3) is 4.90. The Bertz CT molecular complexity index is 971. The first-order chi connectivity index (χ1) is 15.2. The van der Waals surface area contributed by atoms with Gasteiger partial charge in [0.05, 0.1) is 5.56 Å². The standard InChI is InChI=1S/C23H23ClF3N3O2/c24-19-4-1-15(2-5-19)17-9-12-30(14-17)21(31)16-7-10-29(11-8-16)22(32)20-6-3-18(13-28-20)23(25,26)27/h1-6,13,16-17H,7-12,14H2/t17-/m0/s1. The first-order valence-electron chi connectivity index (χ1n) is 10.6. The summed E-state index contributed by atoms with van der Waals surface area (Å²) >= 11 is 5.96. The summed E-state index contributed by atoms with van der Waals surface area (Å²) in [6.45, 7) is 2.15. The summed E-state index contributed by atoms with van der Waals surface area (Å²) in [5.74, 6) is -0.151. The molecule has 1 atom stereocenters. The van der Waals surface area contributed by atoms with Gasteiger partial charge in [-0.3, -0.25) is 14.6 Å². The van der Waals surface area contributed by atoms with Crippen molar-refractivity contribution in [1.82, 2.24) is 14.8 Å². The Morgan fingerprint density at radius 1 is 0.938 bits per heavy atom. The topological polar surface area (TPSA) is 53.5 Å². The van der Waals surface area contributed by atoms with Crippen molar-refractivity contribution in [3.8, 4) is 0 Å². The van der Waals surface area contributed by atoms with Gasteiger partial charge in [-0.2, -0.15) is 13.2 Å². The Hall–Kier alpha value is -2.61. The molecule has 2 saturated heterocycles. The van der Waals surface area contributed by atoms with E-state index in [1.807, 2.05) is 29.2 Å². The average molecular weight is 466 g/mol. The van der Waals surface area contributed by atoms with Crippen molar-refractivity contribution in [3.63, 3.8) is 0 Å². The third-order valence-corrected chi connectivity index (χ3v) is 6.53. The van der Waals surface area contributed by atoms with Crippen molar-refractivity contribution in [1.29, 1.82) is 0 Å². The fraction of sp³-hybridized carbons (Fsp3) is 0.435. The highest BCUT2D eigenvalue weighted by atomic mass is 35.5. The van der Waals surface area contributed by atoms with Gasteiger partial charge in [-0.25, -0.2) is 0 Å². The van der Waals surface area contributed by atoms with Gasteiger partial charge in [0.1, 0.15) is 5.69 Å². The average Bonchev–Trinajstić information content (AvgIpc) is 3.28. The monoisotopic (exact) mass is 465 g/mol. The molecule has 32 heavy (non-hydrogen) atoms. The van der Waals surface area contributed by atoms with E-state index in [1.165, 1.54) is 5.56 Å². The van der Waals surface area contributed by atoms with Crippen LogP contribution in [-0.2, 0) is 11.0 Å². The molecule has 4 rings (SSSR count). The van der Waals surface area contributed by atoms with Crippen LogP contribution in [0.4, 0.5) is 13.2 Å². The highest BCUT2D eigenvalue weighted by Gasteiger charge is 2.35. The quantitative estimate of drug-likeness (QED) is 0.664. The molecule has 0 radical (unpaired) electrons. The second kappa shape index (κ2) is 9.10. The largest absolute Gasteiger partial charge is 0.417 e. The van der Waals surface area contributed by atoms with Gasteiger partial charge in [0.2, 0.25) is 5.91 Å². The van der Waals surface area contributed by atoms with Gasteiger partial charge in [-0.05, 0) is 49.1 Å². The molecule has 1 aromatic heterocycles. The molecular weight excluding hydrogens is 443 g/mol. The minimum absolute atomic E-state index is 0.0203.